The second-order valence-corrected chi connectivity index (χ2v) is 6.75. The Morgan fingerprint density at radius 3 is 2.67 bits per heavy atom. The normalized spacial score (nSPS) is 17.5. The smallest absolute Gasteiger partial charge is 0.260 e. The highest BCUT2D eigenvalue weighted by Gasteiger charge is 2.16. The number of rotatable bonds is 7. The average molecular weight is 333 g/mol. The van der Waals surface area contributed by atoms with Gasteiger partial charge in [-0.2, -0.15) is 0 Å². The van der Waals surface area contributed by atoms with Crippen molar-refractivity contribution in [1.29, 1.82) is 0 Å². The Bertz CT molecular complexity index is 539. The maximum Gasteiger partial charge on any atom is 0.260 e. The van der Waals surface area contributed by atoms with E-state index in [0.29, 0.717) is 6.54 Å². The van der Waals surface area contributed by atoms with Gasteiger partial charge in [0.05, 0.1) is 0 Å². The van der Waals surface area contributed by atoms with Gasteiger partial charge in [-0.3, -0.25) is 4.79 Å². The fraction of sp³-hybridized carbons (Fsp3) is 0.632. The molecule has 0 saturated carbocycles. The van der Waals surface area contributed by atoms with Crippen LogP contribution in [0.15, 0.2) is 18.2 Å². The number of carbonyl (C=O) groups is 1. The first-order valence-corrected chi connectivity index (χ1v) is 8.89. The molecule has 1 atom stereocenters. The van der Waals surface area contributed by atoms with Gasteiger partial charge in [-0.15, -0.1) is 0 Å². The molecule has 1 amide bonds. The Hall–Kier alpha value is -1.59. The summed E-state index contributed by atoms with van der Waals surface area (Å²) in [6.07, 6.45) is 0.500. The highest BCUT2D eigenvalue weighted by Crippen LogP contribution is 2.21. The minimum Gasteiger partial charge on any atom is -0.481 e. The second kappa shape index (κ2) is 9.04. The lowest BCUT2D eigenvalue weighted by atomic mass is 10.1. The van der Waals surface area contributed by atoms with Crippen LogP contribution in [0, 0.1) is 13.8 Å². The van der Waals surface area contributed by atoms with E-state index in [9.17, 15) is 4.79 Å². The van der Waals surface area contributed by atoms with E-state index >= 15 is 0 Å². The van der Waals surface area contributed by atoms with Gasteiger partial charge < -0.3 is 19.9 Å². The molecule has 1 aliphatic heterocycles. The molecule has 0 bridgehead atoms. The molecule has 0 radical (unpaired) electrons. The maximum atomic E-state index is 12.2. The van der Waals surface area contributed by atoms with Crippen LogP contribution in [-0.2, 0) is 4.79 Å². The number of hydrogen-bond acceptors (Lipinski definition) is 4. The van der Waals surface area contributed by atoms with E-state index in [1.807, 2.05) is 32.0 Å². The van der Waals surface area contributed by atoms with Crippen molar-refractivity contribution >= 4 is 5.91 Å². The lowest BCUT2D eigenvalue weighted by Gasteiger charge is -2.32. The van der Waals surface area contributed by atoms with E-state index in [-0.39, 0.29) is 5.91 Å². The van der Waals surface area contributed by atoms with Crippen LogP contribution in [-0.4, -0.2) is 68.1 Å². The second-order valence-electron chi connectivity index (χ2n) is 6.75. The van der Waals surface area contributed by atoms with Gasteiger partial charge in [0.1, 0.15) is 5.75 Å². The summed E-state index contributed by atoms with van der Waals surface area (Å²) >= 11 is 0. The molecule has 134 valence electrons. The van der Waals surface area contributed by atoms with E-state index in [0.717, 1.165) is 50.5 Å². The maximum absolute atomic E-state index is 12.2. The van der Waals surface area contributed by atoms with Crippen molar-refractivity contribution in [2.45, 2.75) is 33.3 Å². The van der Waals surface area contributed by atoms with Crippen LogP contribution in [0.3, 0.4) is 0 Å². The molecule has 1 aromatic rings. The minimum atomic E-state index is -0.478. The number of hydrogen-bond donors (Lipinski definition) is 1. The van der Waals surface area contributed by atoms with Gasteiger partial charge in [0.25, 0.3) is 5.91 Å². The van der Waals surface area contributed by atoms with Crippen molar-refractivity contribution in [3.63, 3.8) is 0 Å². The Labute approximate surface area is 146 Å². The molecule has 1 heterocycles. The Morgan fingerprint density at radius 2 is 1.96 bits per heavy atom. The summed E-state index contributed by atoms with van der Waals surface area (Å²) in [6.45, 7) is 12.1. The van der Waals surface area contributed by atoms with Gasteiger partial charge in [0, 0.05) is 32.7 Å². The van der Waals surface area contributed by atoms with Crippen LogP contribution >= 0.6 is 0 Å². The minimum absolute atomic E-state index is 0.0470. The van der Waals surface area contributed by atoms with Crippen molar-refractivity contribution in [3.05, 3.63) is 29.3 Å². The number of piperazine rings is 1. The van der Waals surface area contributed by atoms with Crippen molar-refractivity contribution in [1.82, 2.24) is 15.1 Å². The molecular weight excluding hydrogens is 302 g/mol. The van der Waals surface area contributed by atoms with Crippen molar-refractivity contribution in [2.75, 3.05) is 46.3 Å². The Balaban J connectivity index is 1.67. The SMILES string of the molecule is Cc1cccc(OC(C)C(=O)NCCCN2CCN(C)CC2)c1C. The third-order valence-corrected chi connectivity index (χ3v) is 4.77. The zero-order valence-corrected chi connectivity index (χ0v) is 15.5. The molecule has 5 heteroatoms. The zero-order valence-electron chi connectivity index (χ0n) is 15.5. The quantitative estimate of drug-likeness (QED) is 0.773. The third kappa shape index (κ3) is 5.49. The summed E-state index contributed by atoms with van der Waals surface area (Å²) in [5.74, 6) is 0.740. The standard InChI is InChI=1S/C19H31N3O2/c1-15-7-5-8-18(16(15)2)24-17(3)19(23)20-9-6-10-22-13-11-21(4)12-14-22/h5,7-8,17H,6,9-14H2,1-4H3,(H,20,23). The summed E-state index contributed by atoms with van der Waals surface area (Å²) in [5.41, 5.74) is 2.26. The number of amides is 1. The van der Waals surface area contributed by atoms with E-state index in [2.05, 4.69) is 22.2 Å². The number of carbonyl (C=O) groups excluding carboxylic acids is 1. The van der Waals surface area contributed by atoms with Gasteiger partial charge in [0.15, 0.2) is 6.10 Å². The number of benzene rings is 1. The summed E-state index contributed by atoms with van der Waals surface area (Å²) in [4.78, 5) is 17.0. The number of ether oxygens (including phenoxy) is 1. The molecule has 0 spiro atoms. The van der Waals surface area contributed by atoms with Crippen molar-refractivity contribution in [3.8, 4) is 5.75 Å². The van der Waals surface area contributed by atoms with Gasteiger partial charge in [-0.1, -0.05) is 12.1 Å². The lowest BCUT2D eigenvalue weighted by molar-refractivity contribution is -0.127. The number of likely N-dealkylation sites (N-methyl/N-ethyl adjacent to an activating group) is 1. The zero-order chi connectivity index (χ0) is 17.5. The van der Waals surface area contributed by atoms with Crippen LogP contribution in [0.25, 0.3) is 0 Å². The Morgan fingerprint density at radius 1 is 1.25 bits per heavy atom. The van der Waals surface area contributed by atoms with Crippen molar-refractivity contribution < 1.29 is 9.53 Å². The van der Waals surface area contributed by atoms with Crippen LogP contribution < -0.4 is 10.1 Å². The molecule has 1 N–H and O–H groups in total. The highest BCUT2D eigenvalue weighted by molar-refractivity contribution is 5.80. The first-order valence-electron chi connectivity index (χ1n) is 8.89. The summed E-state index contributed by atoms with van der Waals surface area (Å²) in [7, 11) is 2.16. The molecule has 0 aliphatic carbocycles. The monoisotopic (exact) mass is 333 g/mol. The lowest BCUT2D eigenvalue weighted by Crippen LogP contribution is -2.45. The summed E-state index contributed by atoms with van der Waals surface area (Å²) in [6, 6.07) is 5.92. The highest BCUT2D eigenvalue weighted by atomic mass is 16.5. The molecule has 5 nitrogen and oxygen atoms in total. The molecule has 1 saturated heterocycles. The van der Waals surface area contributed by atoms with Gasteiger partial charge in [-0.05, 0) is 58.0 Å². The number of nitrogens with zero attached hydrogens (tertiary/aromatic N) is 2. The van der Waals surface area contributed by atoms with E-state index in [4.69, 9.17) is 4.74 Å². The number of nitrogens with one attached hydrogen (secondary N) is 1. The molecule has 1 fully saturated rings. The van der Waals surface area contributed by atoms with Crippen molar-refractivity contribution in [2.24, 2.45) is 0 Å². The topological polar surface area (TPSA) is 44.8 Å². The third-order valence-electron chi connectivity index (χ3n) is 4.77. The van der Waals surface area contributed by atoms with Gasteiger partial charge in [0.2, 0.25) is 0 Å². The molecular formula is C19H31N3O2. The van der Waals surface area contributed by atoms with E-state index < -0.39 is 6.10 Å². The fourth-order valence-corrected chi connectivity index (χ4v) is 2.83. The summed E-state index contributed by atoms with van der Waals surface area (Å²) < 4.78 is 5.82. The predicted octanol–water partition coefficient (Wildman–Crippen LogP) is 1.82. The summed E-state index contributed by atoms with van der Waals surface area (Å²) in [5, 5.41) is 2.98. The Kier molecular flexibility index (Phi) is 7.06. The van der Waals surface area contributed by atoms with Crippen LogP contribution in [0.1, 0.15) is 24.5 Å². The van der Waals surface area contributed by atoms with Crippen LogP contribution in [0.2, 0.25) is 0 Å². The van der Waals surface area contributed by atoms with E-state index in [1.165, 1.54) is 5.56 Å². The molecule has 1 aliphatic rings. The van der Waals surface area contributed by atoms with Crippen LogP contribution in [0.5, 0.6) is 5.75 Å². The largest absolute Gasteiger partial charge is 0.481 e. The first-order chi connectivity index (χ1) is 11.5. The van der Waals surface area contributed by atoms with E-state index in [1.54, 1.807) is 6.92 Å². The molecule has 1 unspecified atom stereocenters. The molecule has 0 aromatic heterocycles. The predicted molar refractivity (Wildman–Crippen MR) is 97.6 cm³/mol. The number of aryl methyl sites for hydroxylation is 1. The van der Waals surface area contributed by atoms with Gasteiger partial charge in [-0.25, -0.2) is 0 Å². The molecule has 1 aromatic carbocycles. The molecule has 2 rings (SSSR count). The molecule has 24 heavy (non-hydrogen) atoms. The van der Waals surface area contributed by atoms with Gasteiger partial charge >= 0.3 is 0 Å². The fourth-order valence-electron chi connectivity index (χ4n) is 2.83. The van der Waals surface area contributed by atoms with Crippen LogP contribution in [0.4, 0.5) is 0 Å². The average Bonchev–Trinajstić information content (AvgIpc) is 2.57. The first kappa shape index (κ1) is 18.7.